The summed E-state index contributed by atoms with van der Waals surface area (Å²) in [5.41, 5.74) is 5.74. The number of nitrogens with zero attached hydrogens (tertiary/aromatic N) is 3. The molecule has 0 spiro atoms. The molecule has 1 aromatic heterocycles. The summed E-state index contributed by atoms with van der Waals surface area (Å²) < 4.78 is 2.34. The second kappa shape index (κ2) is 4.17. The summed E-state index contributed by atoms with van der Waals surface area (Å²) in [5, 5.41) is 8.66. The van der Waals surface area contributed by atoms with E-state index in [0.717, 1.165) is 5.82 Å². The summed E-state index contributed by atoms with van der Waals surface area (Å²) in [4.78, 5) is 0. The van der Waals surface area contributed by atoms with Gasteiger partial charge in [0.1, 0.15) is 11.6 Å². The topological polar surface area (TPSA) is 56.7 Å². The van der Waals surface area contributed by atoms with Gasteiger partial charge in [0, 0.05) is 12.0 Å². The van der Waals surface area contributed by atoms with E-state index in [1.165, 1.54) is 50.8 Å². The molecule has 0 saturated heterocycles. The van der Waals surface area contributed by atoms with Gasteiger partial charge in [-0.1, -0.05) is 19.3 Å². The summed E-state index contributed by atoms with van der Waals surface area (Å²) in [5.74, 6) is 2.85. The molecule has 0 aliphatic heterocycles. The molecule has 2 saturated carbocycles. The van der Waals surface area contributed by atoms with Gasteiger partial charge in [-0.25, -0.2) is 0 Å². The molecule has 0 radical (unpaired) electrons. The van der Waals surface area contributed by atoms with Gasteiger partial charge in [-0.05, 0) is 25.7 Å². The van der Waals surface area contributed by atoms with Crippen molar-refractivity contribution in [3.05, 3.63) is 11.6 Å². The van der Waals surface area contributed by atoms with Crippen molar-refractivity contribution in [1.82, 2.24) is 14.8 Å². The van der Waals surface area contributed by atoms with Crippen LogP contribution >= 0.6 is 0 Å². The Labute approximate surface area is 96.2 Å². The fourth-order valence-electron chi connectivity index (χ4n) is 2.85. The molecule has 1 heterocycles. The Morgan fingerprint density at radius 2 is 1.81 bits per heavy atom. The maximum absolute atomic E-state index is 5.74. The van der Waals surface area contributed by atoms with Gasteiger partial charge in [-0.15, -0.1) is 10.2 Å². The minimum Gasteiger partial charge on any atom is -0.324 e. The molecule has 0 aromatic carbocycles. The smallest absolute Gasteiger partial charge is 0.147 e. The van der Waals surface area contributed by atoms with Gasteiger partial charge in [-0.2, -0.15) is 0 Å². The van der Waals surface area contributed by atoms with E-state index >= 15 is 0 Å². The van der Waals surface area contributed by atoms with Gasteiger partial charge in [0.25, 0.3) is 0 Å². The molecule has 0 amide bonds. The van der Waals surface area contributed by atoms with Crippen molar-refractivity contribution in [2.45, 2.75) is 63.5 Å². The number of rotatable bonds is 3. The maximum atomic E-state index is 5.74. The molecule has 88 valence electrons. The number of nitrogens with two attached hydrogens (primary N) is 1. The third-order valence-corrected chi connectivity index (χ3v) is 3.86. The monoisotopic (exact) mass is 220 g/mol. The fourth-order valence-corrected chi connectivity index (χ4v) is 2.85. The lowest BCUT2D eigenvalue weighted by Gasteiger charge is -2.21. The van der Waals surface area contributed by atoms with Crippen LogP contribution in [0.1, 0.15) is 68.6 Å². The molecule has 2 aliphatic rings. The maximum Gasteiger partial charge on any atom is 0.147 e. The SMILES string of the molecule is NCc1nnc(C2CCCCC2)n1C1CC1. The second-order valence-electron chi connectivity index (χ2n) is 5.11. The first-order valence-corrected chi connectivity index (χ1v) is 6.54. The Hall–Kier alpha value is -0.900. The summed E-state index contributed by atoms with van der Waals surface area (Å²) in [6, 6.07) is 0.658. The molecule has 16 heavy (non-hydrogen) atoms. The highest BCUT2D eigenvalue weighted by atomic mass is 15.3. The first kappa shape index (κ1) is 10.3. The lowest BCUT2D eigenvalue weighted by molar-refractivity contribution is 0.413. The average Bonchev–Trinajstić information content (AvgIpc) is 3.09. The molecule has 3 rings (SSSR count). The van der Waals surface area contributed by atoms with Gasteiger partial charge in [-0.3, -0.25) is 0 Å². The van der Waals surface area contributed by atoms with Crippen molar-refractivity contribution in [1.29, 1.82) is 0 Å². The third kappa shape index (κ3) is 1.75. The molecule has 1 aromatic rings. The fraction of sp³-hybridized carbons (Fsp3) is 0.833. The molecule has 2 aliphatic carbocycles. The molecular weight excluding hydrogens is 200 g/mol. The quantitative estimate of drug-likeness (QED) is 0.848. The minimum absolute atomic E-state index is 0.524. The van der Waals surface area contributed by atoms with Crippen LogP contribution in [0.3, 0.4) is 0 Å². The van der Waals surface area contributed by atoms with Gasteiger partial charge in [0.15, 0.2) is 0 Å². The second-order valence-corrected chi connectivity index (χ2v) is 5.11. The first-order valence-electron chi connectivity index (χ1n) is 6.54. The Morgan fingerprint density at radius 1 is 1.06 bits per heavy atom. The van der Waals surface area contributed by atoms with Crippen molar-refractivity contribution in [2.24, 2.45) is 5.73 Å². The van der Waals surface area contributed by atoms with Gasteiger partial charge < -0.3 is 10.3 Å². The first-order chi connectivity index (χ1) is 7.90. The zero-order valence-electron chi connectivity index (χ0n) is 9.73. The van der Waals surface area contributed by atoms with Crippen LogP contribution in [0.5, 0.6) is 0 Å². The van der Waals surface area contributed by atoms with E-state index < -0.39 is 0 Å². The summed E-state index contributed by atoms with van der Waals surface area (Å²) in [6.45, 7) is 0.524. The van der Waals surface area contributed by atoms with Crippen LogP contribution in [0.2, 0.25) is 0 Å². The van der Waals surface area contributed by atoms with Crippen LogP contribution in [-0.2, 0) is 6.54 Å². The van der Waals surface area contributed by atoms with Crippen LogP contribution in [0.4, 0.5) is 0 Å². The summed E-state index contributed by atoms with van der Waals surface area (Å²) in [6.07, 6.45) is 9.22. The van der Waals surface area contributed by atoms with E-state index in [9.17, 15) is 0 Å². The van der Waals surface area contributed by atoms with E-state index in [1.54, 1.807) is 0 Å². The molecule has 0 bridgehead atoms. The van der Waals surface area contributed by atoms with E-state index in [1.807, 2.05) is 0 Å². The Balaban J connectivity index is 1.89. The lowest BCUT2D eigenvalue weighted by atomic mass is 9.88. The molecule has 4 heteroatoms. The molecule has 2 fully saturated rings. The Kier molecular flexibility index (Phi) is 2.67. The molecule has 0 atom stereocenters. The summed E-state index contributed by atoms with van der Waals surface area (Å²) in [7, 11) is 0. The van der Waals surface area contributed by atoms with Gasteiger partial charge in [0.05, 0.1) is 6.54 Å². The van der Waals surface area contributed by atoms with Crippen LogP contribution in [0, 0.1) is 0 Å². The van der Waals surface area contributed by atoms with E-state index in [4.69, 9.17) is 5.73 Å². The highest BCUT2D eigenvalue weighted by Gasteiger charge is 2.32. The Bertz CT molecular complexity index is 361. The van der Waals surface area contributed by atoms with Crippen molar-refractivity contribution in [3.63, 3.8) is 0 Å². The van der Waals surface area contributed by atoms with Crippen LogP contribution < -0.4 is 5.73 Å². The highest BCUT2D eigenvalue weighted by molar-refractivity contribution is 5.08. The zero-order valence-corrected chi connectivity index (χ0v) is 9.73. The van der Waals surface area contributed by atoms with Crippen molar-refractivity contribution >= 4 is 0 Å². The number of aromatic nitrogens is 3. The highest BCUT2D eigenvalue weighted by Crippen LogP contribution is 2.40. The van der Waals surface area contributed by atoms with Crippen molar-refractivity contribution in [3.8, 4) is 0 Å². The van der Waals surface area contributed by atoms with Crippen LogP contribution in [0.25, 0.3) is 0 Å². The van der Waals surface area contributed by atoms with Gasteiger partial charge in [0.2, 0.25) is 0 Å². The van der Waals surface area contributed by atoms with E-state index in [2.05, 4.69) is 14.8 Å². The molecule has 4 nitrogen and oxygen atoms in total. The zero-order chi connectivity index (χ0) is 11.0. The Morgan fingerprint density at radius 3 is 2.44 bits per heavy atom. The largest absolute Gasteiger partial charge is 0.324 e. The predicted octanol–water partition coefficient (Wildman–Crippen LogP) is 2.12. The minimum atomic E-state index is 0.524. The third-order valence-electron chi connectivity index (χ3n) is 3.86. The standard InChI is InChI=1S/C12H20N4/c13-8-11-14-15-12(16(11)10-6-7-10)9-4-2-1-3-5-9/h9-10H,1-8,13H2. The van der Waals surface area contributed by atoms with Crippen molar-refractivity contribution in [2.75, 3.05) is 0 Å². The molecular formula is C12H20N4. The predicted molar refractivity (Wildman–Crippen MR) is 62.0 cm³/mol. The number of hydrogen-bond acceptors (Lipinski definition) is 3. The summed E-state index contributed by atoms with van der Waals surface area (Å²) >= 11 is 0. The molecule has 2 N–H and O–H groups in total. The normalized spacial score (nSPS) is 22.6. The van der Waals surface area contributed by atoms with E-state index in [-0.39, 0.29) is 0 Å². The van der Waals surface area contributed by atoms with E-state index in [0.29, 0.717) is 18.5 Å². The average molecular weight is 220 g/mol. The van der Waals surface area contributed by atoms with Crippen molar-refractivity contribution < 1.29 is 0 Å². The number of hydrogen-bond donors (Lipinski definition) is 1. The van der Waals surface area contributed by atoms with Crippen LogP contribution in [-0.4, -0.2) is 14.8 Å². The molecule has 0 unspecified atom stereocenters. The van der Waals surface area contributed by atoms with Crippen LogP contribution in [0.15, 0.2) is 0 Å². The lowest BCUT2D eigenvalue weighted by Crippen LogP contribution is -2.14. The van der Waals surface area contributed by atoms with Gasteiger partial charge >= 0.3 is 0 Å².